The van der Waals surface area contributed by atoms with Crippen LogP contribution in [0.5, 0.6) is 0 Å². The van der Waals surface area contributed by atoms with E-state index in [1.54, 1.807) is 10.8 Å². The summed E-state index contributed by atoms with van der Waals surface area (Å²) >= 11 is 11.3. The highest BCUT2D eigenvalue weighted by molar-refractivity contribution is 7.71. The van der Waals surface area contributed by atoms with Gasteiger partial charge in [0.1, 0.15) is 6.54 Å². The second-order valence-corrected chi connectivity index (χ2v) is 5.05. The van der Waals surface area contributed by atoms with Crippen molar-refractivity contribution >= 4 is 40.8 Å². The molecule has 0 saturated heterocycles. The quantitative estimate of drug-likeness (QED) is 0.850. The van der Waals surface area contributed by atoms with Gasteiger partial charge in [0, 0.05) is 12.2 Å². The minimum atomic E-state index is -0.102. The van der Waals surface area contributed by atoms with Gasteiger partial charge in [-0.25, -0.2) is 0 Å². The molecule has 0 aliphatic carbocycles. The molecule has 0 atom stereocenters. The predicted octanol–water partition coefficient (Wildman–Crippen LogP) is 2.27. The van der Waals surface area contributed by atoms with Crippen LogP contribution in [0.25, 0.3) is 11.0 Å². The number of aromatic nitrogens is 3. The number of fused-ring (bicyclic) bond motifs is 1. The molecule has 2 heterocycles. The highest BCUT2D eigenvalue weighted by atomic mass is 35.5. The van der Waals surface area contributed by atoms with Gasteiger partial charge in [0.2, 0.25) is 5.91 Å². The average Bonchev–Trinajstić information content (AvgIpc) is 2.55. The zero-order valence-corrected chi connectivity index (χ0v) is 11.6. The first-order valence-electron chi connectivity index (χ1n) is 5.50. The molecule has 7 heteroatoms. The largest absolute Gasteiger partial charge is 0.352 e. The Morgan fingerprint density at radius 1 is 1.61 bits per heavy atom. The van der Waals surface area contributed by atoms with Crippen LogP contribution in [0.3, 0.4) is 0 Å². The number of pyridine rings is 1. The van der Waals surface area contributed by atoms with Crippen LogP contribution in [0.15, 0.2) is 12.4 Å². The molecule has 0 aliphatic heterocycles. The molecule has 0 fully saturated rings. The van der Waals surface area contributed by atoms with Crippen molar-refractivity contribution in [1.29, 1.82) is 0 Å². The molecule has 2 N–H and O–H groups in total. The average molecular weight is 285 g/mol. The van der Waals surface area contributed by atoms with Crippen molar-refractivity contribution in [3.05, 3.63) is 22.2 Å². The third-order valence-electron chi connectivity index (χ3n) is 2.38. The fourth-order valence-corrected chi connectivity index (χ4v) is 2.27. The summed E-state index contributed by atoms with van der Waals surface area (Å²) in [6.07, 6.45) is 3.16. The highest BCUT2D eigenvalue weighted by Gasteiger charge is 2.12. The van der Waals surface area contributed by atoms with Crippen LogP contribution >= 0.6 is 23.8 Å². The number of aromatic amines is 1. The Morgan fingerprint density at radius 3 is 3.00 bits per heavy atom. The third-order valence-corrected chi connectivity index (χ3v) is 2.98. The van der Waals surface area contributed by atoms with Crippen molar-refractivity contribution in [3.8, 4) is 0 Å². The normalized spacial score (nSPS) is 11.1. The van der Waals surface area contributed by atoms with E-state index in [1.807, 2.05) is 13.8 Å². The van der Waals surface area contributed by atoms with Crippen LogP contribution < -0.4 is 5.32 Å². The van der Waals surface area contributed by atoms with Crippen LogP contribution in [0.1, 0.15) is 13.8 Å². The fourth-order valence-electron chi connectivity index (χ4n) is 1.74. The Labute approximate surface area is 114 Å². The van der Waals surface area contributed by atoms with E-state index < -0.39 is 0 Å². The molecule has 0 aromatic carbocycles. The fraction of sp³-hybridized carbons (Fsp3) is 0.364. The summed E-state index contributed by atoms with van der Waals surface area (Å²) < 4.78 is 2.13. The summed E-state index contributed by atoms with van der Waals surface area (Å²) in [6, 6.07) is 0.0917. The third kappa shape index (κ3) is 2.54. The summed E-state index contributed by atoms with van der Waals surface area (Å²) in [4.78, 5) is 18.7. The monoisotopic (exact) mass is 284 g/mol. The second kappa shape index (κ2) is 5.07. The highest BCUT2D eigenvalue weighted by Crippen LogP contribution is 2.21. The number of imidazole rings is 1. The lowest BCUT2D eigenvalue weighted by Crippen LogP contribution is -2.33. The Kier molecular flexibility index (Phi) is 3.68. The number of H-pyrrole nitrogens is 1. The van der Waals surface area contributed by atoms with Gasteiger partial charge < -0.3 is 14.9 Å². The number of carbonyl (C=O) groups is 1. The number of rotatable bonds is 3. The van der Waals surface area contributed by atoms with Crippen molar-refractivity contribution in [1.82, 2.24) is 19.9 Å². The maximum absolute atomic E-state index is 11.8. The van der Waals surface area contributed by atoms with Crippen LogP contribution in [0.2, 0.25) is 5.02 Å². The van der Waals surface area contributed by atoms with Gasteiger partial charge in [0.05, 0.1) is 22.3 Å². The molecular formula is C11H13ClN4OS. The number of carbonyl (C=O) groups excluding carboxylic acids is 1. The van der Waals surface area contributed by atoms with Crippen LogP contribution in [-0.4, -0.2) is 26.5 Å². The molecule has 2 rings (SSSR count). The maximum Gasteiger partial charge on any atom is 0.240 e. The standard InChI is InChI=1S/C11H13ClN4OS/c1-6(2)14-9(17)5-16-10-7(12)3-13-4-8(10)15-11(16)18/h3-4,6H,5H2,1-2H3,(H,14,17)(H,15,18). The molecule has 0 bridgehead atoms. The second-order valence-electron chi connectivity index (χ2n) is 4.26. The van der Waals surface area contributed by atoms with Gasteiger partial charge in [-0.15, -0.1) is 0 Å². The minimum absolute atomic E-state index is 0.0917. The summed E-state index contributed by atoms with van der Waals surface area (Å²) in [7, 11) is 0. The van der Waals surface area contributed by atoms with E-state index >= 15 is 0 Å². The van der Waals surface area contributed by atoms with Crippen LogP contribution in [0, 0.1) is 4.77 Å². The zero-order chi connectivity index (χ0) is 13.3. The van der Waals surface area contributed by atoms with Gasteiger partial charge in [-0.05, 0) is 26.1 Å². The molecule has 0 saturated carbocycles. The van der Waals surface area contributed by atoms with Crippen molar-refractivity contribution in [2.75, 3.05) is 0 Å². The molecule has 0 unspecified atom stereocenters. The predicted molar refractivity (Wildman–Crippen MR) is 73.2 cm³/mol. The van der Waals surface area contributed by atoms with Gasteiger partial charge in [-0.1, -0.05) is 11.6 Å². The molecule has 2 aromatic heterocycles. The molecule has 0 spiro atoms. The minimum Gasteiger partial charge on any atom is -0.352 e. The number of nitrogens with one attached hydrogen (secondary N) is 2. The van der Waals surface area contributed by atoms with E-state index in [4.69, 9.17) is 23.8 Å². The lowest BCUT2D eigenvalue weighted by molar-refractivity contribution is -0.122. The molecular weight excluding hydrogens is 272 g/mol. The first kappa shape index (κ1) is 13.0. The summed E-state index contributed by atoms with van der Waals surface area (Å²) in [5, 5.41) is 3.28. The van der Waals surface area contributed by atoms with E-state index in [2.05, 4.69) is 15.3 Å². The molecule has 2 aromatic rings. The Balaban J connectivity index is 2.42. The van der Waals surface area contributed by atoms with Gasteiger partial charge in [-0.3, -0.25) is 9.78 Å². The van der Waals surface area contributed by atoms with E-state index in [0.29, 0.717) is 15.3 Å². The SMILES string of the molecule is CC(C)NC(=O)Cn1c(=S)[nH]c2cncc(Cl)c21. The molecule has 96 valence electrons. The number of nitrogens with zero attached hydrogens (tertiary/aromatic N) is 2. The molecule has 18 heavy (non-hydrogen) atoms. The molecule has 5 nitrogen and oxygen atoms in total. The van der Waals surface area contributed by atoms with Gasteiger partial charge in [0.15, 0.2) is 4.77 Å². The van der Waals surface area contributed by atoms with E-state index in [1.165, 1.54) is 6.20 Å². The maximum atomic E-state index is 11.8. The first-order valence-corrected chi connectivity index (χ1v) is 6.29. The Morgan fingerprint density at radius 2 is 2.33 bits per heavy atom. The Hall–Kier alpha value is -1.40. The van der Waals surface area contributed by atoms with E-state index in [0.717, 1.165) is 5.52 Å². The number of amides is 1. The van der Waals surface area contributed by atoms with Crippen LogP contribution in [-0.2, 0) is 11.3 Å². The van der Waals surface area contributed by atoms with Crippen LogP contribution in [0.4, 0.5) is 0 Å². The van der Waals surface area contributed by atoms with E-state index in [-0.39, 0.29) is 18.5 Å². The topological polar surface area (TPSA) is 62.7 Å². The summed E-state index contributed by atoms with van der Waals surface area (Å²) in [6.45, 7) is 3.95. The van der Waals surface area contributed by atoms with Gasteiger partial charge in [0.25, 0.3) is 0 Å². The van der Waals surface area contributed by atoms with Gasteiger partial charge >= 0.3 is 0 Å². The summed E-state index contributed by atoms with van der Waals surface area (Å²) in [5.74, 6) is -0.102. The van der Waals surface area contributed by atoms with E-state index in [9.17, 15) is 4.79 Å². The molecule has 0 radical (unpaired) electrons. The molecule has 0 aliphatic rings. The van der Waals surface area contributed by atoms with Gasteiger partial charge in [-0.2, -0.15) is 0 Å². The van der Waals surface area contributed by atoms with Crippen molar-refractivity contribution < 1.29 is 4.79 Å². The number of halogens is 1. The smallest absolute Gasteiger partial charge is 0.240 e. The summed E-state index contributed by atoms with van der Waals surface area (Å²) in [5.41, 5.74) is 1.43. The van der Waals surface area contributed by atoms with Crippen molar-refractivity contribution in [2.45, 2.75) is 26.4 Å². The van der Waals surface area contributed by atoms with Crippen molar-refractivity contribution in [2.24, 2.45) is 0 Å². The molecule has 1 amide bonds. The van der Waals surface area contributed by atoms with Crippen molar-refractivity contribution in [3.63, 3.8) is 0 Å². The number of hydrogen-bond donors (Lipinski definition) is 2. The lowest BCUT2D eigenvalue weighted by Gasteiger charge is -2.09. The zero-order valence-electron chi connectivity index (χ0n) is 10.0. The lowest BCUT2D eigenvalue weighted by atomic mass is 10.3. The Bertz CT molecular complexity index is 646. The first-order chi connectivity index (χ1) is 8.49. The number of hydrogen-bond acceptors (Lipinski definition) is 3.